The molecule has 0 radical (unpaired) electrons. The van der Waals surface area contributed by atoms with Crippen LogP contribution in [0.5, 0.6) is 5.75 Å². The number of nitrogens with two attached hydrogens (primary N) is 1. The fourth-order valence-corrected chi connectivity index (χ4v) is 1.59. The molecule has 0 spiro atoms. The first-order chi connectivity index (χ1) is 6.81. The number of anilines is 1. The number of ether oxygens (including phenoxy) is 1. The van der Waals surface area contributed by atoms with E-state index < -0.39 is 0 Å². The standard InChI is InChI=1S/C10H14N2O2/c1-12-4-5-13-10-6-8(7-14-11)2-3-9(10)12/h2-3,6H,4-5,7,11H2,1H3. The van der Waals surface area contributed by atoms with Crippen LogP contribution in [-0.4, -0.2) is 20.2 Å². The van der Waals surface area contributed by atoms with Gasteiger partial charge >= 0.3 is 0 Å². The van der Waals surface area contributed by atoms with Gasteiger partial charge in [0.05, 0.1) is 18.8 Å². The van der Waals surface area contributed by atoms with Crippen molar-refractivity contribution >= 4 is 5.69 Å². The molecule has 0 amide bonds. The summed E-state index contributed by atoms with van der Waals surface area (Å²) in [6.07, 6.45) is 0. The van der Waals surface area contributed by atoms with Crippen LogP contribution < -0.4 is 15.5 Å². The molecular formula is C10H14N2O2. The van der Waals surface area contributed by atoms with Gasteiger partial charge in [-0.15, -0.1) is 0 Å². The summed E-state index contributed by atoms with van der Waals surface area (Å²) in [7, 11) is 2.06. The van der Waals surface area contributed by atoms with Crippen molar-refractivity contribution in [2.75, 3.05) is 25.1 Å². The molecule has 2 rings (SSSR count). The van der Waals surface area contributed by atoms with Crippen molar-refractivity contribution in [3.8, 4) is 5.75 Å². The van der Waals surface area contributed by atoms with Crippen LogP contribution in [0.3, 0.4) is 0 Å². The molecule has 0 saturated carbocycles. The smallest absolute Gasteiger partial charge is 0.143 e. The van der Waals surface area contributed by atoms with Crippen molar-refractivity contribution in [2.24, 2.45) is 5.90 Å². The minimum atomic E-state index is 0.417. The van der Waals surface area contributed by atoms with Crippen LogP contribution in [0.1, 0.15) is 5.56 Å². The molecule has 76 valence electrons. The number of likely N-dealkylation sites (N-methyl/N-ethyl adjacent to an activating group) is 1. The van der Waals surface area contributed by atoms with E-state index in [0.717, 1.165) is 30.2 Å². The predicted octanol–water partition coefficient (Wildman–Crippen LogP) is 0.905. The zero-order chi connectivity index (χ0) is 9.97. The average Bonchev–Trinajstić information content (AvgIpc) is 2.18. The number of benzene rings is 1. The van der Waals surface area contributed by atoms with Crippen LogP contribution in [0.25, 0.3) is 0 Å². The van der Waals surface area contributed by atoms with E-state index in [1.165, 1.54) is 0 Å². The summed E-state index contributed by atoms with van der Waals surface area (Å²) in [6.45, 7) is 2.08. The zero-order valence-corrected chi connectivity index (χ0v) is 8.19. The average molecular weight is 194 g/mol. The lowest BCUT2D eigenvalue weighted by Gasteiger charge is -2.27. The number of nitrogens with zero attached hydrogens (tertiary/aromatic N) is 1. The fraction of sp³-hybridized carbons (Fsp3) is 0.400. The first kappa shape index (κ1) is 9.30. The summed E-state index contributed by atoms with van der Waals surface area (Å²) in [5.41, 5.74) is 2.15. The Balaban J connectivity index is 2.29. The van der Waals surface area contributed by atoms with Crippen molar-refractivity contribution in [1.82, 2.24) is 0 Å². The van der Waals surface area contributed by atoms with Gasteiger partial charge in [-0.05, 0) is 17.7 Å². The highest BCUT2D eigenvalue weighted by atomic mass is 16.6. The Hall–Kier alpha value is -1.26. The van der Waals surface area contributed by atoms with Gasteiger partial charge in [-0.1, -0.05) is 6.07 Å². The lowest BCUT2D eigenvalue weighted by molar-refractivity contribution is 0.124. The van der Waals surface area contributed by atoms with E-state index in [2.05, 4.69) is 16.8 Å². The Morgan fingerprint density at radius 3 is 3.21 bits per heavy atom. The maximum absolute atomic E-state index is 5.54. The van der Waals surface area contributed by atoms with Gasteiger partial charge in [0, 0.05) is 7.05 Å². The number of hydrogen-bond acceptors (Lipinski definition) is 4. The molecule has 1 aliphatic rings. The minimum Gasteiger partial charge on any atom is -0.490 e. The number of fused-ring (bicyclic) bond motifs is 1. The van der Waals surface area contributed by atoms with Crippen molar-refractivity contribution in [3.63, 3.8) is 0 Å². The molecule has 2 N–H and O–H groups in total. The molecule has 1 heterocycles. The van der Waals surface area contributed by atoms with E-state index in [-0.39, 0.29) is 0 Å². The van der Waals surface area contributed by atoms with Crippen molar-refractivity contribution in [2.45, 2.75) is 6.61 Å². The summed E-state index contributed by atoms with van der Waals surface area (Å²) >= 11 is 0. The Morgan fingerprint density at radius 2 is 2.43 bits per heavy atom. The lowest BCUT2D eigenvalue weighted by atomic mass is 10.1. The van der Waals surface area contributed by atoms with E-state index in [9.17, 15) is 0 Å². The molecule has 4 nitrogen and oxygen atoms in total. The second kappa shape index (κ2) is 3.86. The van der Waals surface area contributed by atoms with Gasteiger partial charge in [-0.3, -0.25) is 4.84 Å². The molecule has 14 heavy (non-hydrogen) atoms. The van der Waals surface area contributed by atoms with Gasteiger partial charge in [0.15, 0.2) is 0 Å². The van der Waals surface area contributed by atoms with Crippen molar-refractivity contribution in [3.05, 3.63) is 23.8 Å². The lowest BCUT2D eigenvalue weighted by Crippen LogP contribution is -2.28. The monoisotopic (exact) mass is 194 g/mol. The normalized spacial score (nSPS) is 14.9. The molecule has 0 aromatic heterocycles. The van der Waals surface area contributed by atoms with Crippen molar-refractivity contribution in [1.29, 1.82) is 0 Å². The second-order valence-corrected chi connectivity index (χ2v) is 3.38. The highest BCUT2D eigenvalue weighted by Crippen LogP contribution is 2.31. The van der Waals surface area contributed by atoms with Crippen LogP contribution in [-0.2, 0) is 11.4 Å². The third-order valence-electron chi connectivity index (χ3n) is 2.37. The number of hydrogen-bond donors (Lipinski definition) is 1. The molecule has 0 bridgehead atoms. The third-order valence-corrected chi connectivity index (χ3v) is 2.37. The molecule has 1 aromatic rings. The Bertz CT molecular complexity index is 328. The van der Waals surface area contributed by atoms with E-state index in [1.807, 2.05) is 18.2 Å². The fourth-order valence-electron chi connectivity index (χ4n) is 1.59. The van der Waals surface area contributed by atoms with Gasteiger partial charge in [0.25, 0.3) is 0 Å². The molecule has 0 aliphatic carbocycles. The topological polar surface area (TPSA) is 47.7 Å². The second-order valence-electron chi connectivity index (χ2n) is 3.38. The van der Waals surface area contributed by atoms with Crippen LogP contribution in [0.4, 0.5) is 5.69 Å². The highest BCUT2D eigenvalue weighted by molar-refractivity contribution is 5.60. The molecule has 0 atom stereocenters. The molecule has 4 heteroatoms. The molecule has 1 aliphatic heterocycles. The molecule has 1 aromatic carbocycles. The summed E-state index contributed by atoms with van der Waals surface area (Å²) in [5.74, 6) is 5.92. The summed E-state index contributed by atoms with van der Waals surface area (Å²) in [5, 5.41) is 0. The quantitative estimate of drug-likeness (QED) is 0.711. The third kappa shape index (κ3) is 1.66. The van der Waals surface area contributed by atoms with E-state index >= 15 is 0 Å². The van der Waals surface area contributed by atoms with E-state index in [1.54, 1.807) is 0 Å². The molecule has 0 unspecified atom stereocenters. The van der Waals surface area contributed by atoms with Crippen LogP contribution in [0.2, 0.25) is 0 Å². The summed E-state index contributed by atoms with van der Waals surface area (Å²) in [4.78, 5) is 6.75. The van der Waals surface area contributed by atoms with Crippen LogP contribution >= 0.6 is 0 Å². The van der Waals surface area contributed by atoms with Crippen molar-refractivity contribution < 1.29 is 9.57 Å². The number of rotatable bonds is 2. The Kier molecular flexibility index (Phi) is 2.56. The highest BCUT2D eigenvalue weighted by Gasteiger charge is 2.14. The molecular weight excluding hydrogens is 180 g/mol. The maximum atomic E-state index is 5.54. The van der Waals surface area contributed by atoms with E-state index in [0.29, 0.717) is 6.61 Å². The van der Waals surface area contributed by atoms with Crippen LogP contribution in [0.15, 0.2) is 18.2 Å². The molecule has 0 fully saturated rings. The zero-order valence-electron chi connectivity index (χ0n) is 8.19. The molecule has 0 saturated heterocycles. The summed E-state index contributed by atoms with van der Waals surface area (Å²) in [6, 6.07) is 6.00. The maximum Gasteiger partial charge on any atom is 0.143 e. The van der Waals surface area contributed by atoms with E-state index in [4.69, 9.17) is 10.6 Å². The van der Waals surface area contributed by atoms with Gasteiger partial charge < -0.3 is 9.64 Å². The van der Waals surface area contributed by atoms with Gasteiger partial charge in [-0.2, -0.15) is 0 Å². The van der Waals surface area contributed by atoms with Gasteiger partial charge in [-0.25, -0.2) is 5.90 Å². The Morgan fingerprint density at radius 1 is 1.57 bits per heavy atom. The van der Waals surface area contributed by atoms with Gasteiger partial charge in [0.2, 0.25) is 0 Å². The van der Waals surface area contributed by atoms with Gasteiger partial charge in [0.1, 0.15) is 12.4 Å². The van der Waals surface area contributed by atoms with Crippen LogP contribution in [0, 0.1) is 0 Å². The minimum absolute atomic E-state index is 0.417. The largest absolute Gasteiger partial charge is 0.490 e. The Labute approximate surface area is 83.2 Å². The first-order valence-electron chi connectivity index (χ1n) is 4.60. The first-order valence-corrected chi connectivity index (χ1v) is 4.60. The summed E-state index contributed by atoms with van der Waals surface area (Å²) < 4.78 is 5.54. The SMILES string of the molecule is CN1CCOc2cc(CON)ccc21. The predicted molar refractivity (Wildman–Crippen MR) is 54.2 cm³/mol.